The molecule has 4 rings (SSSR count). The molecule has 0 saturated heterocycles. The minimum Gasteiger partial charge on any atom is -0.494 e. The first kappa shape index (κ1) is 20.0. The van der Waals surface area contributed by atoms with E-state index in [0.717, 1.165) is 26.5 Å². The van der Waals surface area contributed by atoms with E-state index in [1.165, 1.54) is 7.05 Å². The molecule has 0 aliphatic carbocycles. The summed E-state index contributed by atoms with van der Waals surface area (Å²) in [6, 6.07) is 15.5. The van der Waals surface area contributed by atoms with Crippen molar-refractivity contribution in [1.29, 1.82) is 0 Å². The molecule has 1 aliphatic heterocycles. The summed E-state index contributed by atoms with van der Waals surface area (Å²) in [6.07, 6.45) is 0.405. The van der Waals surface area contributed by atoms with Crippen molar-refractivity contribution in [2.45, 2.75) is 23.5 Å². The van der Waals surface area contributed by atoms with Crippen LogP contribution in [0.5, 0.6) is 11.6 Å². The van der Waals surface area contributed by atoms with Crippen LogP contribution < -0.4 is 16.0 Å². The molecule has 1 aromatic heterocycles. The van der Waals surface area contributed by atoms with Crippen LogP contribution in [-0.4, -0.2) is 27.0 Å². The number of benzene rings is 2. The Balaban J connectivity index is 1.83. The van der Waals surface area contributed by atoms with Crippen molar-refractivity contribution in [3.63, 3.8) is 0 Å². The largest absolute Gasteiger partial charge is 0.494 e. The van der Waals surface area contributed by atoms with Gasteiger partial charge in [0.2, 0.25) is 5.88 Å². The molecular formula is C22H21N3O4S. The van der Waals surface area contributed by atoms with Crippen molar-refractivity contribution in [2.75, 3.05) is 6.61 Å². The van der Waals surface area contributed by atoms with E-state index < -0.39 is 17.1 Å². The van der Waals surface area contributed by atoms with Gasteiger partial charge in [-0.15, -0.1) is 11.8 Å². The van der Waals surface area contributed by atoms with Crippen LogP contribution >= 0.6 is 11.8 Å². The second-order valence-electron chi connectivity index (χ2n) is 6.86. The Morgan fingerprint density at radius 3 is 2.67 bits per heavy atom. The van der Waals surface area contributed by atoms with E-state index in [2.05, 4.69) is 4.98 Å². The predicted octanol–water partition coefficient (Wildman–Crippen LogP) is 3.54. The fraction of sp³-hybridized carbons (Fsp3) is 0.227. The van der Waals surface area contributed by atoms with E-state index in [-0.39, 0.29) is 10.8 Å². The van der Waals surface area contributed by atoms with Gasteiger partial charge in [0.25, 0.3) is 5.56 Å². The minimum absolute atomic E-state index is 0.0188. The number of aromatic nitrogens is 2. The van der Waals surface area contributed by atoms with Crippen LogP contribution in [0.1, 0.15) is 29.7 Å². The third kappa shape index (κ3) is 3.78. The van der Waals surface area contributed by atoms with E-state index in [4.69, 9.17) is 9.73 Å². The SMILES string of the molecule is CCOc1ccc([C@@H]2CC(c3c(O)n(C)c(=O)[nH]c3=O)=Nc3ccccc3S2)cc1. The maximum absolute atomic E-state index is 12.6. The molecular weight excluding hydrogens is 402 g/mol. The van der Waals surface area contributed by atoms with E-state index in [9.17, 15) is 14.7 Å². The summed E-state index contributed by atoms with van der Waals surface area (Å²) in [7, 11) is 1.40. The number of hydrogen-bond donors (Lipinski definition) is 2. The van der Waals surface area contributed by atoms with E-state index in [1.54, 1.807) is 11.8 Å². The van der Waals surface area contributed by atoms with Crippen LogP contribution in [0.15, 0.2) is 68.0 Å². The van der Waals surface area contributed by atoms with Gasteiger partial charge >= 0.3 is 5.69 Å². The predicted molar refractivity (Wildman–Crippen MR) is 117 cm³/mol. The molecule has 2 aromatic carbocycles. The molecule has 0 radical (unpaired) electrons. The number of nitrogens with one attached hydrogen (secondary N) is 1. The highest BCUT2D eigenvalue weighted by molar-refractivity contribution is 7.99. The second-order valence-corrected chi connectivity index (χ2v) is 8.10. The molecule has 0 spiro atoms. The quantitative estimate of drug-likeness (QED) is 0.669. The van der Waals surface area contributed by atoms with E-state index in [0.29, 0.717) is 18.7 Å². The smallest absolute Gasteiger partial charge is 0.330 e. The van der Waals surface area contributed by atoms with Gasteiger partial charge in [-0.2, -0.15) is 0 Å². The van der Waals surface area contributed by atoms with Crippen molar-refractivity contribution in [3.8, 4) is 11.6 Å². The van der Waals surface area contributed by atoms with Crippen LogP contribution in [0.4, 0.5) is 5.69 Å². The molecule has 0 bridgehead atoms. The van der Waals surface area contributed by atoms with Gasteiger partial charge in [0.1, 0.15) is 11.3 Å². The Morgan fingerprint density at radius 2 is 1.93 bits per heavy atom. The first-order valence-electron chi connectivity index (χ1n) is 9.56. The molecule has 2 heterocycles. The molecule has 1 atom stereocenters. The standard InChI is InChI=1S/C22H21N3O4S/c1-3-29-14-10-8-13(9-11-14)18-12-16(23-15-6-4-5-7-17(15)30-18)19-20(26)24-22(28)25(2)21(19)27/h4-11,18,27H,3,12H2,1-2H3,(H,24,26,28)/t18-/m0/s1. The number of para-hydroxylation sites is 1. The van der Waals surface area contributed by atoms with E-state index >= 15 is 0 Å². The summed E-state index contributed by atoms with van der Waals surface area (Å²) < 4.78 is 6.54. The molecule has 8 heteroatoms. The van der Waals surface area contributed by atoms with Gasteiger partial charge in [0.05, 0.1) is 18.0 Å². The molecule has 0 saturated carbocycles. The molecule has 0 unspecified atom stereocenters. The third-order valence-electron chi connectivity index (χ3n) is 4.91. The maximum atomic E-state index is 12.6. The number of fused-ring (bicyclic) bond motifs is 1. The molecule has 0 amide bonds. The van der Waals surface area contributed by atoms with Crippen molar-refractivity contribution in [1.82, 2.24) is 9.55 Å². The molecule has 2 N–H and O–H groups in total. The normalized spacial score (nSPS) is 15.8. The number of thioether (sulfide) groups is 1. The highest BCUT2D eigenvalue weighted by atomic mass is 32.2. The molecule has 1 aliphatic rings. The van der Waals surface area contributed by atoms with Crippen molar-refractivity contribution >= 4 is 23.2 Å². The van der Waals surface area contributed by atoms with Crippen LogP contribution in [0.3, 0.4) is 0 Å². The van der Waals surface area contributed by atoms with Crippen LogP contribution in [0, 0.1) is 0 Å². The zero-order valence-electron chi connectivity index (χ0n) is 16.6. The lowest BCUT2D eigenvalue weighted by molar-refractivity contribution is 0.340. The van der Waals surface area contributed by atoms with Gasteiger partial charge < -0.3 is 9.84 Å². The zero-order valence-corrected chi connectivity index (χ0v) is 17.4. The highest BCUT2D eigenvalue weighted by Gasteiger charge is 2.26. The Labute approximate surface area is 177 Å². The molecule has 7 nitrogen and oxygen atoms in total. The summed E-state index contributed by atoms with van der Waals surface area (Å²) in [5, 5.41) is 10.5. The second kappa shape index (κ2) is 8.23. The summed E-state index contributed by atoms with van der Waals surface area (Å²) in [5.41, 5.74) is 0.899. The number of hydrogen-bond acceptors (Lipinski definition) is 6. The number of aliphatic imine (C=N–C) groups is 1. The molecule has 30 heavy (non-hydrogen) atoms. The van der Waals surface area contributed by atoms with Gasteiger partial charge in [-0.25, -0.2) is 4.79 Å². The number of nitrogens with zero attached hydrogens (tertiary/aromatic N) is 2. The lowest BCUT2D eigenvalue weighted by Crippen LogP contribution is -2.32. The number of aromatic hydroxyl groups is 1. The average Bonchev–Trinajstić information content (AvgIpc) is 2.92. The van der Waals surface area contributed by atoms with Crippen LogP contribution in [-0.2, 0) is 7.05 Å². The highest BCUT2D eigenvalue weighted by Crippen LogP contribution is 2.45. The fourth-order valence-corrected chi connectivity index (χ4v) is 4.60. The van der Waals surface area contributed by atoms with Gasteiger partial charge in [-0.1, -0.05) is 24.3 Å². The van der Waals surface area contributed by atoms with Gasteiger partial charge in [-0.3, -0.25) is 19.3 Å². The Morgan fingerprint density at radius 1 is 1.20 bits per heavy atom. The Kier molecular flexibility index (Phi) is 5.50. The first-order valence-corrected chi connectivity index (χ1v) is 10.4. The fourth-order valence-electron chi connectivity index (χ4n) is 3.37. The lowest BCUT2D eigenvalue weighted by Gasteiger charge is -2.17. The van der Waals surface area contributed by atoms with Crippen LogP contribution in [0.2, 0.25) is 0 Å². The topological polar surface area (TPSA) is 96.7 Å². The summed E-state index contributed by atoms with van der Waals surface area (Å²) in [6.45, 7) is 2.53. The van der Waals surface area contributed by atoms with Crippen LogP contribution in [0.25, 0.3) is 0 Å². The van der Waals surface area contributed by atoms with Gasteiger partial charge in [0, 0.05) is 23.6 Å². The monoisotopic (exact) mass is 423 g/mol. The van der Waals surface area contributed by atoms with Crippen molar-refractivity contribution in [2.24, 2.45) is 12.0 Å². The summed E-state index contributed by atoms with van der Waals surface area (Å²) in [4.78, 5) is 32.3. The van der Waals surface area contributed by atoms with E-state index in [1.807, 2.05) is 55.5 Å². The molecule has 154 valence electrons. The van der Waals surface area contributed by atoms with Gasteiger partial charge in [-0.05, 0) is 36.8 Å². The number of ether oxygens (including phenoxy) is 1. The van der Waals surface area contributed by atoms with Crippen molar-refractivity contribution < 1.29 is 9.84 Å². The van der Waals surface area contributed by atoms with Gasteiger partial charge in [0.15, 0.2) is 0 Å². The number of aromatic amines is 1. The Hall–Kier alpha value is -3.26. The third-order valence-corrected chi connectivity index (χ3v) is 6.24. The molecule has 0 fully saturated rings. The first-order chi connectivity index (χ1) is 14.5. The summed E-state index contributed by atoms with van der Waals surface area (Å²) in [5.74, 6) is 0.402. The minimum atomic E-state index is -0.673. The number of H-pyrrole nitrogens is 1. The number of rotatable bonds is 4. The summed E-state index contributed by atoms with van der Waals surface area (Å²) >= 11 is 1.65. The lowest BCUT2D eigenvalue weighted by atomic mass is 10.0. The average molecular weight is 423 g/mol. The maximum Gasteiger partial charge on any atom is 0.330 e. The Bertz CT molecular complexity index is 1230. The van der Waals surface area contributed by atoms with Crippen molar-refractivity contribution in [3.05, 3.63) is 80.5 Å². The molecule has 3 aromatic rings. The zero-order chi connectivity index (χ0) is 21.3.